The molecular formula is C19H20F2N6O2. The zero-order valence-electron chi connectivity index (χ0n) is 15.9. The van der Waals surface area contributed by atoms with Gasteiger partial charge in [0.05, 0.1) is 12.6 Å². The van der Waals surface area contributed by atoms with E-state index in [1.165, 1.54) is 24.0 Å². The molecule has 0 spiro atoms. The van der Waals surface area contributed by atoms with Crippen LogP contribution in [0.4, 0.5) is 20.4 Å². The first-order chi connectivity index (χ1) is 13.9. The van der Waals surface area contributed by atoms with Crippen LogP contribution in [-0.2, 0) is 6.54 Å². The summed E-state index contributed by atoms with van der Waals surface area (Å²) in [4.78, 5) is 20.2. The van der Waals surface area contributed by atoms with Gasteiger partial charge in [-0.05, 0) is 30.7 Å². The van der Waals surface area contributed by atoms with E-state index in [1.807, 2.05) is 6.92 Å². The second-order valence-electron chi connectivity index (χ2n) is 6.27. The van der Waals surface area contributed by atoms with Crippen molar-refractivity contribution in [3.05, 3.63) is 53.9 Å². The predicted molar refractivity (Wildman–Crippen MR) is 103 cm³/mol. The zero-order valence-corrected chi connectivity index (χ0v) is 15.9. The number of pyridine rings is 1. The van der Waals surface area contributed by atoms with Crippen LogP contribution in [0, 0.1) is 11.6 Å². The molecule has 29 heavy (non-hydrogen) atoms. The van der Waals surface area contributed by atoms with Gasteiger partial charge in [-0.1, -0.05) is 6.92 Å². The van der Waals surface area contributed by atoms with Crippen LogP contribution in [-0.4, -0.2) is 43.9 Å². The Kier molecular flexibility index (Phi) is 6.13. The highest BCUT2D eigenvalue weighted by Crippen LogP contribution is 2.22. The molecule has 0 bridgehead atoms. The van der Waals surface area contributed by atoms with Crippen LogP contribution in [0.25, 0.3) is 11.4 Å². The van der Waals surface area contributed by atoms with Gasteiger partial charge in [-0.25, -0.2) is 13.5 Å². The number of halogens is 2. The van der Waals surface area contributed by atoms with Crippen molar-refractivity contribution in [1.29, 1.82) is 0 Å². The number of nitrogens with zero attached hydrogens (tertiary/aromatic N) is 4. The third-order valence-corrected chi connectivity index (χ3v) is 4.18. The maximum absolute atomic E-state index is 13.4. The van der Waals surface area contributed by atoms with Crippen LogP contribution in [0.2, 0.25) is 0 Å². The molecule has 2 heterocycles. The van der Waals surface area contributed by atoms with Crippen LogP contribution < -0.4 is 10.6 Å². The first-order valence-electron chi connectivity index (χ1n) is 8.94. The number of carbonyl (C=O) groups is 1. The average Bonchev–Trinajstić information content (AvgIpc) is 3.12. The summed E-state index contributed by atoms with van der Waals surface area (Å²) in [6.07, 6.45) is 1.34. The fourth-order valence-corrected chi connectivity index (χ4v) is 2.56. The molecule has 0 unspecified atom stereocenters. The van der Waals surface area contributed by atoms with E-state index in [9.17, 15) is 18.7 Å². The molecule has 152 valence electrons. The minimum atomic E-state index is -0.995. The number of hydrogen-bond donors (Lipinski definition) is 3. The zero-order chi connectivity index (χ0) is 21.0. The van der Waals surface area contributed by atoms with E-state index in [0.29, 0.717) is 17.8 Å². The van der Waals surface area contributed by atoms with E-state index in [4.69, 9.17) is 0 Å². The van der Waals surface area contributed by atoms with E-state index in [1.54, 1.807) is 12.1 Å². The third kappa shape index (κ3) is 4.72. The van der Waals surface area contributed by atoms with Gasteiger partial charge >= 0.3 is 0 Å². The Bertz CT molecular complexity index is 1010. The Morgan fingerprint density at radius 3 is 2.66 bits per heavy atom. The third-order valence-electron chi connectivity index (χ3n) is 4.18. The van der Waals surface area contributed by atoms with Crippen molar-refractivity contribution in [2.24, 2.45) is 0 Å². The maximum atomic E-state index is 13.4. The lowest BCUT2D eigenvalue weighted by atomic mass is 10.2. The number of nitrogens with one attached hydrogen (secondary N) is 2. The Morgan fingerprint density at radius 1 is 1.24 bits per heavy atom. The molecular weight excluding hydrogens is 382 g/mol. The quantitative estimate of drug-likeness (QED) is 0.561. The Hall–Kier alpha value is -3.40. The number of aromatic nitrogens is 4. The molecule has 3 aromatic rings. The second kappa shape index (κ2) is 8.74. The summed E-state index contributed by atoms with van der Waals surface area (Å²) >= 11 is 0. The van der Waals surface area contributed by atoms with Gasteiger partial charge in [-0.3, -0.25) is 9.78 Å². The van der Waals surface area contributed by atoms with Gasteiger partial charge in [0.1, 0.15) is 5.69 Å². The van der Waals surface area contributed by atoms with Gasteiger partial charge in [0.15, 0.2) is 17.5 Å². The monoisotopic (exact) mass is 402 g/mol. The molecule has 0 aliphatic rings. The molecule has 1 atom stereocenters. The smallest absolute Gasteiger partial charge is 0.269 e. The number of benzene rings is 1. The van der Waals surface area contributed by atoms with Crippen LogP contribution in [0.1, 0.15) is 23.8 Å². The van der Waals surface area contributed by atoms with Gasteiger partial charge in [0, 0.05) is 30.6 Å². The fourth-order valence-electron chi connectivity index (χ4n) is 2.56. The number of hydrogen-bond acceptors (Lipinski definition) is 6. The van der Waals surface area contributed by atoms with E-state index in [2.05, 4.69) is 25.7 Å². The molecule has 0 fully saturated rings. The van der Waals surface area contributed by atoms with Gasteiger partial charge < -0.3 is 15.7 Å². The van der Waals surface area contributed by atoms with Crippen LogP contribution in [0.5, 0.6) is 0 Å². The van der Waals surface area contributed by atoms with Crippen molar-refractivity contribution >= 4 is 17.5 Å². The number of carbonyl (C=O) groups excluding carboxylic acids is 1. The summed E-state index contributed by atoms with van der Waals surface area (Å²) in [7, 11) is 1.51. The highest BCUT2D eigenvalue weighted by atomic mass is 19.2. The highest BCUT2D eigenvalue weighted by Gasteiger charge is 2.16. The van der Waals surface area contributed by atoms with Crippen molar-refractivity contribution in [2.75, 3.05) is 12.4 Å². The van der Waals surface area contributed by atoms with Crippen LogP contribution in [0.15, 0.2) is 36.5 Å². The van der Waals surface area contributed by atoms with E-state index >= 15 is 0 Å². The normalized spacial score (nSPS) is 11.9. The molecule has 0 radical (unpaired) electrons. The number of aliphatic hydroxyl groups is 1. The molecule has 10 heteroatoms. The summed E-state index contributed by atoms with van der Waals surface area (Å²) in [6, 6.07) is 6.57. The molecule has 3 N–H and O–H groups in total. The van der Waals surface area contributed by atoms with Crippen molar-refractivity contribution in [3.63, 3.8) is 0 Å². The lowest BCUT2D eigenvalue weighted by molar-refractivity contribution is 0.0958. The van der Waals surface area contributed by atoms with Gasteiger partial charge in [0.25, 0.3) is 5.91 Å². The molecule has 0 aliphatic heterocycles. The van der Waals surface area contributed by atoms with Gasteiger partial charge in [-0.15, -0.1) is 5.10 Å². The predicted octanol–water partition coefficient (Wildman–Crippen LogP) is 2.49. The lowest BCUT2D eigenvalue weighted by Crippen LogP contribution is -2.19. The first kappa shape index (κ1) is 20.3. The number of anilines is 2. The van der Waals surface area contributed by atoms with Crippen molar-refractivity contribution in [3.8, 4) is 11.4 Å². The van der Waals surface area contributed by atoms with E-state index < -0.39 is 17.7 Å². The van der Waals surface area contributed by atoms with Gasteiger partial charge in [-0.2, -0.15) is 4.98 Å². The minimum absolute atomic E-state index is 0.143. The summed E-state index contributed by atoms with van der Waals surface area (Å²) in [5.41, 5.74) is 1.10. The Labute approximate surface area is 165 Å². The van der Waals surface area contributed by atoms with E-state index in [-0.39, 0.29) is 29.8 Å². The summed E-state index contributed by atoms with van der Waals surface area (Å²) in [5.74, 6) is -1.73. The van der Waals surface area contributed by atoms with Crippen molar-refractivity contribution in [2.45, 2.75) is 26.0 Å². The molecule has 1 amide bonds. The largest absolute Gasteiger partial charge is 0.391 e. The fraction of sp³-hybridized carbons (Fsp3) is 0.263. The van der Waals surface area contributed by atoms with Crippen LogP contribution in [0.3, 0.4) is 0 Å². The molecule has 0 aliphatic carbocycles. The molecule has 3 rings (SSSR count). The molecule has 8 nitrogen and oxygen atoms in total. The second-order valence-corrected chi connectivity index (χ2v) is 6.27. The van der Waals surface area contributed by atoms with Crippen molar-refractivity contribution in [1.82, 2.24) is 25.1 Å². The summed E-state index contributed by atoms with van der Waals surface area (Å²) < 4.78 is 28.1. The SMILES string of the molecule is CC[C@H](O)Cn1nc(Nc2ccc(F)c(F)c2)nc1-c1ccc(C(=O)NC)nc1. The topological polar surface area (TPSA) is 105 Å². The van der Waals surface area contributed by atoms with E-state index in [0.717, 1.165) is 12.1 Å². The molecule has 2 aromatic heterocycles. The van der Waals surface area contributed by atoms with Crippen LogP contribution >= 0.6 is 0 Å². The van der Waals surface area contributed by atoms with Crippen molar-refractivity contribution < 1.29 is 18.7 Å². The first-order valence-corrected chi connectivity index (χ1v) is 8.94. The standard InChI is InChI=1S/C19H20F2N6O2/c1-3-13(28)10-27-17(11-4-7-16(23-9-11)18(29)22-2)25-19(26-27)24-12-5-6-14(20)15(21)8-12/h4-9,13,28H,3,10H2,1-2H3,(H,22,29)(H,24,26)/t13-/m0/s1. The number of rotatable bonds is 7. The number of aliphatic hydroxyl groups excluding tert-OH is 1. The summed E-state index contributed by atoms with van der Waals surface area (Å²) in [5, 5.41) is 19.6. The van der Waals surface area contributed by atoms with Gasteiger partial charge in [0.2, 0.25) is 5.95 Å². The molecule has 1 aromatic carbocycles. The maximum Gasteiger partial charge on any atom is 0.269 e. The Morgan fingerprint density at radius 2 is 2.03 bits per heavy atom. The number of amides is 1. The highest BCUT2D eigenvalue weighted by molar-refractivity contribution is 5.92. The molecule has 0 saturated heterocycles. The Balaban J connectivity index is 1.93. The molecule has 0 saturated carbocycles. The lowest BCUT2D eigenvalue weighted by Gasteiger charge is -2.10. The minimum Gasteiger partial charge on any atom is -0.391 e. The summed E-state index contributed by atoms with van der Waals surface area (Å²) in [6.45, 7) is 2.01. The average molecular weight is 402 g/mol.